The SMILES string of the molecule is C[C@H](NC(=O)c1ccc2c(c1)COCC2(F)F)c1ccc(N2CC(N3CC[C@@H](O)C3)C2)cc1OC(F)(F)F. The zero-order valence-corrected chi connectivity index (χ0v) is 20.6. The fourth-order valence-corrected chi connectivity index (χ4v) is 5.22. The van der Waals surface area contributed by atoms with Gasteiger partial charge in [0, 0.05) is 60.7 Å². The number of ether oxygens (including phenoxy) is 2. The number of anilines is 1. The summed E-state index contributed by atoms with van der Waals surface area (Å²) in [6.45, 7) is 3.33. The van der Waals surface area contributed by atoms with Crippen molar-refractivity contribution in [3.05, 3.63) is 58.7 Å². The second kappa shape index (κ2) is 9.97. The lowest BCUT2D eigenvalue weighted by molar-refractivity contribution is -0.274. The number of hydrogen-bond acceptors (Lipinski definition) is 6. The number of aliphatic hydroxyl groups is 1. The van der Waals surface area contributed by atoms with Crippen molar-refractivity contribution in [3.8, 4) is 5.75 Å². The molecule has 3 heterocycles. The molecule has 2 N–H and O–H groups in total. The lowest BCUT2D eigenvalue weighted by atomic mass is 9.97. The van der Waals surface area contributed by atoms with Gasteiger partial charge in [-0.25, -0.2) is 0 Å². The molecule has 38 heavy (non-hydrogen) atoms. The number of likely N-dealkylation sites (tertiary alicyclic amines) is 1. The minimum atomic E-state index is -4.94. The summed E-state index contributed by atoms with van der Waals surface area (Å²) in [4.78, 5) is 17.0. The molecular formula is C26H28F5N3O4. The number of halogens is 5. The molecular weight excluding hydrogens is 513 g/mol. The van der Waals surface area contributed by atoms with E-state index >= 15 is 0 Å². The lowest BCUT2D eigenvalue weighted by Crippen LogP contribution is -2.59. The Morgan fingerprint density at radius 3 is 2.63 bits per heavy atom. The molecule has 2 aromatic carbocycles. The van der Waals surface area contributed by atoms with Crippen LogP contribution >= 0.6 is 0 Å². The maximum atomic E-state index is 14.0. The molecule has 0 unspecified atom stereocenters. The summed E-state index contributed by atoms with van der Waals surface area (Å²) < 4.78 is 77.0. The van der Waals surface area contributed by atoms with Crippen molar-refractivity contribution >= 4 is 11.6 Å². The minimum Gasteiger partial charge on any atom is -0.405 e. The first-order valence-corrected chi connectivity index (χ1v) is 12.4. The molecule has 206 valence electrons. The Morgan fingerprint density at radius 1 is 1.18 bits per heavy atom. The van der Waals surface area contributed by atoms with Gasteiger partial charge in [0.1, 0.15) is 12.4 Å². The first-order valence-electron chi connectivity index (χ1n) is 12.4. The molecule has 2 fully saturated rings. The predicted octanol–water partition coefficient (Wildman–Crippen LogP) is 3.95. The second-order valence-corrected chi connectivity index (χ2v) is 10.0. The molecule has 0 radical (unpaired) electrons. The number of alkyl halides is 5. The summed E-state index contributed by atoms with van der Waals surface area (Å²) in [7, 11) is 0. The number of amides is 1. The molecule has 7 nitrogen and oxygen atoms in total. The lowest BCUT2D eigenvalue weighted by Gasteiger charge is -2.45. The summed E-state index contributed by atoms with van der Waals surface area (Å²) in [6.07, 6.45) is -4.57. The van der Waals surface area contributed by atoms with Crippen LogP contribution in [0.2, 0.25) is 0 Å². The van der Waals surface area contributed by atoms with Crippen molar-refractivity contribution < 1.29 is 41.3 Å². The highest BCUT2D eigenvalue weighted by Gasteiger charge is 2.39. The van der Waals surface area contributed by atoms with E-state index in [1.54, 1.807) is 6.07 Å². The third-order valence-electron chi connectivity index (χ3n) is 7.28. The molecule has 0 aromatic heterocycles. The highest BCUT2D eigenvalue weighted by atomic mass is 19.4. The van der Waals surface area contributed by atoms with Gasteiger partial charge >= 0.3 is 6.36 Å². The van der Waals surface area contributed by atoms with Crippen LogP contribution in [0.25, 0.3) is 0 Å². The Hall–Kier alpha value is -2.96. The van der Waals surface area contributed by atoms with Gasteiger partial charge in [-0.2, -0.15) is 8.78 Å². The van der Waals surface area contributed by atoms with E-state index in [1.807, 2.05) is 4.90 Å². The van der Waals surface area contributed by atoms with E-state index in [4.69, 9.17) is 4.74 Å². The van der Waals surface area contributed by atoms with Gasteiger partial charge in [0.05, 0.1) is 18.8 Å². The number of carbonyl (C=O) groups excluding carboxylic acids is 1. The topological polar surface area (TPSA) is 74.3 Å². The summed E-state index contributed by atoms with van der Waals surface area (Å²) in [6, 6.07) is 7.55. The van der Waals surface area contributed by atoms with E-state index in [2.05, 4.69) is 15.0 Å². The maximum Gasteiger partial charge on any atom is 0.573 e. The highest BCUT2D eigenvalue weighted by molar-refractivity contribution is 5.94. The van der Waals surface area contributed by atoms with Gasteiger partial charge in [0.25, 0.3) is 11.8 Å². The molecule has 0 spiro atoms. The molecule has 3 aliphatic heterocycles. The molecule has 2 saturated heterocycles. The average molecular weight is 542 g/mol. The van der Waals surface area contributed by atoms with Crippen LogP contribution in [0, 0.1) is 0 Å². The number of aliphatic hydroxyl groups excluding tert-OH is 1. The van der Waals surface area contributed by atoms with Crippen LogP contribution in [-0.2, 0) is 17.3 Å². The highest BCUT2D eigenvalue weighted by Crippen LogP contribution is 2.37. The smallest absolute Gasteiger partial charge is 0.405 e. The van der Waals surface area contributed by atoms with Crippen molar-refractivity contribution in [2.45, 2.75) is 50.4 Å². The van der Waals surface area contributed by atoms with Gasteiger partial charge in [-0.3, -0.25) is 9.69 Å². The zero-order valence-electron chi connectivity index (χ0n) is 20.6. The quantitative estimate of drug-likeness (QED) is 0.540. The number of nitrogens with zero attached hydrogens (tertiary/aromatic N) is 2. The van der Waals surface area contributed by atoms with Crippen LogP contribution in [0.1, 0.15) is 46.4 Å². The number of β-amino-alcohol motifs (C(OH)–C–C–N with tert-alkyl or cyclic N) is 1. The van der Waals surface area contributed by atoms with Crippen LogP contribution < -0.4 is 15.0 Å². The summed E-state index contributed by atoms with van der Waals surface area (Å²) in [5, 5.41) is 12.4. The van der Waals surface area contributed by atoms with Crippen molar-refractivity contribution in [2.75, 3.05) is 37.7 Å². The third-order valence-corrected chi connectivity index (χ3v) is 7.28. The average Bonchev–Trinajstić information content (AvgIpc) is 3.22. The fraction of sp³-hybridized carbons (Fsp3) is 0.500. The van der Waals surface area contributed by atoms with Crippen molar-refractivity contribution in [1.29, 1.82) is 0 Å². The fourth-order valence-electron chi connectivity index (χ4n) is 5.22. The second-order valence-electron chi connectivity index (χ2n) is 10.0. The van der Waals surface area contributed by atoms with Gasteiger partial charge in [0.2, 0.25) is 0 Å². The number of nitrogens with one attached hydrogen (secondary N) is 1. The molecule has 0 bridgehead atoms. The van der Waals surface area contributed by atoms with Crippen LogP contribution in [0.3, 0.4) is 0 Å². The molecule has 5 rings (SSSR count). The van der Waals surface area contributed by atoms with E-state index < -0.39 is 36.6 Å². The molecule has 3 aliphatic rings. The van der Waals surface area contributed by atoms with Gasteiger partial charge in [-0.05, 0) is 37.1 Å². The molecule has 2 aromatic rings. The number of carbonyl (C=O) groups is 1. The normalized spacial score (nSPS) is 22.5. The van der Waals surface area contributed by atoms with E-state index in [1.165, 1.54) is 37.3 Å². The Morgan fingerprint density at radius 2 is 1.95 bits per heavy atom. The zero-order chi connectivity index (χ0) is 27.2. The van der Waals surface area contributed by atoms with Crippen molar-refractivity contribution in [3.63, 3.8) is 0 Å². The Bertz CT molecular complexity index is 1200. The van der Waals surface area contributed by atoms with E-state index in [0.717, 1.165) is 6.54 Å². The van der Waals surface area contributed by atoms with Crippen molar-refractivity contribution in [2.24, 2.45) is 0 Å². The molecule has 0 aliphatic carbocycles. The summed E-state index contributed by atoms with van der Waals surface area (Å²) in [5.41, 5.74) is 0.734. The first kappa shape index (κ1) is 26.6. The summed E-state index contributed by atoms with van der Waals surface area (Å²) >= 11 is 0. The Labute approximate surface area is 216 Å². The van der Waals surface area contributed by atoms with E-state index in [9.17, 15) is 31.9 Å². The standard InChI is InChI=1S/C26H28F5N3O4/c1-15(32-24(36)16-2-5-22-17(8-16)13-37-14-25(22,27)28)21-4-3-18(9-23(21)38-26(29,30)31)34-10-19(11-34)33-7-6-20(35)12-33/h2-5,8-9,15,19-20,35H,6-7,10-14H2,1H3,(H,32,36)/t15-,20+/m0/s1. The minimum absolute atomic E-state index is 0.0671. The van der Waals surface area contributed by atoms with E-state index in [-0.39, 0.29) is 41.0 Å². The van der Waals surface area contributed by atoms with Gasteiger partial charge in [0.15, 0.2) is 0 Å². The van der Waals surface area contributed by atoms with Crippen LogP contribution in [0.15, 0.2) is 36.4 Å². The van der Waals surface area contributed by atoms with Gasteiger partial charge in [-0.15, -0.1) is 13.2 Å². The van der Waals surface area contributed by atoms with Crippen LogP contribution in [-0.4, -0.2) is 67.2 Å². The first-order chi connectivity index (χ1) is 17.9. The number of hydrogen-bond donors (Lipinski definition) is 2. The molecule has 2 atom stereocenters. The Balaban J connectivity index is 1.30. The molecule has 1 amide bonds. The monoisotopic (exact) mass is 541 g/mol. The number of fused-ring (bicyclic) bond motifs is 1. The number of rotatable bonds is 6. The van der Waals surface area contributed by atoms with Crippen molar-refractivity contribution in [1.82, 2.24) is 10.2 Å². The summed E-state index contributed by atoms with van der Waals surface area (Å²) in [5.74, 6) is -4.22. The third kappa shape index (κ3) is 5.57. The Kier molecular flexibility index (Phi) is 6.99. The number of benzene rings is 2. The maximum absolute atomic E-state index is 14.0. The predicted molar refractivity (Wildman–Crippen MR) is 127 cm³/mol. The largest absolute Gasteiger partial charge is 0.573 e. The van der Waals surface area contributed by atoms with Crippen LogP contribution in [0.5, 0.6) is 5.75 Å². The molecule has 12 heteroatoms. The van der Waals surface area contributed by atoms with Gasteiger partial charge in [-0.1, -0.05) is 12.1 Å². The van der Waals surface area contributed by atoms with E-state index in [0.29, 0.717) is 31.7 Å². The van der Waals surface area contributed by atoms with Gasteiger partial charge < -0.3 is 24.8 Å². The van der Waals surface area contributed by atoms with Crippen LogP contribution in [0.4, 0.5) is 27.6 Å². The molecule has 0 saturated carbocycles.